The maximum Gasteiger partial charge on any atom is 0.309 e. The van der Waals surface area contributed by atoms with E-state index in [-0.39, 0.29) is 22.1 Å². The number of hydrogen-bond donors (Lipinski definition) is 1. The predicted octanol–water partition coefficient (Wildman–Crippen LogP) is 4.34. The number of halogens is 1. The Morgan fingerprint density at radius 3 is 2.62 bits per heavy atom. The molecular formula is C20H17ClN2O4S2. The van der Waals surface area contributed by atoms with Crippen molar-refractivity contribution in [2.24, 2.45) is 0 Å². The fourth-order valence-electron chi connectivity index (χ4n) is 3.04. The van der Waals surface area contributed by atoms with E-state index in [0.717, 1.165) is 10.5 Å². The Labute approximate surface area is 177 Å². The summed E-state index contributed by atoms with van der Waals surface area (Å²) in [7, 11) is -3.43. The van der Waals surface area contributed by atoms with Crippen LogP contribution in [0.2, 0.25) is 5.02 Å². The highest BCUT2D eigenvalue weighted by Gasteiger charge is 2.20. The quantitative estimate of drug-likeness (QED) is 0.601. The largest absolute Gasteiger partial charge is 0.481 e. The maximum atomic E-state index is 12.1. The molecule has 0 unspecified atom stereocenters. The van der Waals surface area contributed by atoms with Gasteiger partial charge in [-0.05, 0) is 42.8 Å². The first kappa shape index (κ1) is 21.2. The number of aliphatic carboxylic acids is 1. The minimum absolute atomic E-state index is 0.0437. The highest BCUT2D eigenvalue weighted by atomic mass is 35.5. The summed E-state index contributed by atoms with van der Waals surface area (Å²) in [6.45, 7) is 3.39. The zero-order valence-corrected chi connectivity index (χ0v) is 18.0. The van der Waals surface area contributed by atoms with E-state index >= 15 is 0 Å². The molecule has 1 aromatic carbocycles. The van der Waals surface area contributed by atoms with Gasteiger partial charge in [-0.3, -0.25) is 4.79 Å². The molecule has 1 N–H and O–H groups in total. The lowest BCUT2D eigenvalue weighted by molar-refractivity contribution is -0.136. The summed E-state index contributed by atoms with van der Waals surface area (Å²) >= 11 is 7.57. The van der Waals surface area contributed by atoms with Gasteiger partial charge >= 0.3 is 5.97 Å². The number of carbonyl (C=O) groups is 1. The molecule has 9 heteroatoms. The summed E-state index contributed by atoms with van der Waals surface area (Å²) in [5.41, 5.74) is 2.58. The van der Waals surface area contributed by atoms with Crippen molar-refractivity contribution in [3.63, 3.8) is 0 Å². The molecule has 0 spiro atoms. The second-order valence-electron chi connectivity index (χ2n) is 6.35. The first-order valence-corrected chi connectivity index (χ1v) is 11.5. The molecule has 3 aromatic rings. The van der Waals surface area contributed by atoms with Gasteiger partial charge in [-0.25, -0.2) is 8.42 Å². The molecule has 0 aliphatic heterocycles. The second-order valence-corrected chi connectivity index (χ2v) is 10.1. The number of nitriles is 1. The van der Waals surface area contributed by atoms with Crippen molar-refractivity contribution in [3.05, 3.63) is 58.4 Å². The van der Waals surface area contributed by atoms with Crippen LogP contribution in [0.15, 0.2) is 51.2 Å². The van der Waals surface area contributed by atoms with Crippen LogP contribution in [0.4, 0.5) is 0 Å². The van der Waals surface area contributed by atoms with E-state index in [1.165, 1.54) is 17.8 Å². The van der Waals surface area contributed by atoms with Gasteiger partial charge in [0.1, 0.15) is 0 Å². The van der Waals surface area contributed by atoms with Crippen molar-refractivity contribution < 1.29 is 18.3 Å². The van der Waals surface area contributed by atoms with Crippen molar-refractivity contribution in [2.45, 2.75) is 35.0 Å². The minimum atomic E-state index is -3.43. The Kier molecular flexibility index (Phi) is 5.94. The Morgan fingerprint density at radius 2 is 2.03 bits per heavy atom. The average molecular weight is 449 g/mol. The molecule has 0 atom stereocenters. The number of benzene rings is 1. The van der Waals surface area contributed by atoms with E-state index in [1.54, 1.807) is 41.8 Å². The van der Waals surface area contributed by atoms with E-state index in [0.29, 0.717) is 21.7 Å². The molecule has 0 aliphatic carbocycles. The molecule has 0 saturated heterocycles. The van der Waals surface area contributed by atoms with Crippen LogP contribution in [0.1, 0.15) is 23.7 Å². The van der Waals surface area contributed by atoms with E-state index in [1.807, 2.05) is 6.92 Å². The number of aromatic nitrogens is 1. The van der Waals surface area contributed by atoms with Crippen LogP contribution in [0.25, 0.3) is 5.52 Å². The Morgan fingerprint density at radius 1 is 1.31 bits per heavy atom. The van der Waals surface area contributed by atoms with Crippen molar-refractivity contribution in [3.8, 4) is 6.07 Å². The van der Waals surface area contributed by atoms with Gasteiger partial charge in [0, 0.05) is 21.7 Å². The Balaban J connectivity index is 2.13. The topological polar surface area (TPSA) is 99.6 Å². The van der Waals surface area contributed by atoms with Crippen LogP contribution in [-0.4, -0.2) is 29.6 Å². The molecule has 2 heterocycles. The molecule has 0 saturated carbocycles. The number of carboxylic acid groups (broad SMARTS) is 1. The normalized spacial score (nSPS) is 11.5. The van der Waals surface area contributed by atoms with Crippen LogP contribution in [0.3, 0.4) is 0 Å². The van der Waals surface area contributed by atoms with Crippen molar-refractivity contribution in [2.75, 3.05) is 5.75 Å². The molecule has 29 heavy (non-hydrogen) atoms. The minimum Gasteiger partial charge on any atom is -0.481 e. The third-order valence-electron chi connectivity index (χ3n) is 4.54. The van der Waals surface area contributed by atoms with Crippen molar-refractivity contribution >= 4 is 44.7 Å². The van der Waals surface area contributed by atoms with Crippen LogP contribution in [-0.2, 0) is 21.1 Å². The van der Waals surface area contributed by atoms with E-state index < -0.39 is 15.8 Å². The number of sulfone groups is 1. The number of rotatable bonds is 6. The summed E-state index contributed by atoms with van der Waals surface area (Å²) in [4.78, 5) is 12.9. The fourth-order valence-corrected chi connectivity index (χ4v) is 5.67. The number of hydrogen-bond acceptors (Lipinski definition) is 5. The second kappa shape index (κ2) is 8.11. The highest BCUT2D eigenvalue weighted by molar-refractivity contribution is 7.99. The molecule has 0 fully saturated rings. The van der Waals surface area contributed by atoms with E-state index in [2.05, 4.69) is 6.07 Å². The average Bonchev–Trinajstić information content (AvgIpc) is 2.92. The summed E-state index contributed by atoms with van der Waals surface area (Å²) in [5.74, 6) is -0.997. The number of nitrogens with zero attached hydrogens (tertiary/aromatic N) is 2. The van der Waals surface area contributed by atoms with Gasteiger partial charge < -0.3 is 9.51 Å². The van der Waals surface area contributed by atoms with E-state index in [9.17, 15) is 23.6 Å². The van der Waals surface area contributed by atoms with Crippen LogP contribution in [0, 0.1) is 18.3 Å². The molecule has 150 valence electrons. The molecule has 0 amide bonds. The molecule has 0 aliphatic rings. The van der Waals surface area contributed by atoms with Gasteiger partial charge in [-0.1, -0.05) is 30.3 Å². The SMILES string of the molecule is CCS(=O)(=O)c1ccc(Sc2c(C)c(CC(=O)O)n3ccc(C#N)cc23)cc1Cl. The number of carboxylic acids is 1. The van der Waals surface area contributed by atoms with Crippen LogP contribution in [0.5, 0.6) is 0 Å². The molecule has 3 rings (SSSR count). The first-order chi connectivity index (χ1) is 13.7. The fraction of sp³-hybridized carbons (Fsp3) is 0.200. The monoisotopic (exact) mass is 448 g/mol. The van der Waals surface area contributed by atoms with Gasteiger partial charge in [0.05, 0.1) is 39.2 Å². The molecule has 0 bridgehead atoms. The van der Waals surface area contributed by atoms with Gasteiger partial charge in [-0.15, -0.1) is 0 Å². The first-order valence-electron chi connectivity index (χ1n) is 8.63. The Hall–Kier alpha value is -2.47. The van der Waals surface area contributed by atoms with Gasteiger partial charge in [0.25, 0.3) is 0 Å². The van der Waals surface area contributed by atoms with Gasteiger partial charge in [0.15, 0.2) is 9.84 Å². The summed E-state index contributed by atoms with van der Waals surface area (Å²) in [5, 5.41) is 18.6. The van der Waals surface area contributed by atoms with Crippen LogP contribution < -0.4 is 0 Å². The van der Waals surface area contributed by atoms with Gasteiger partial charge in [0.2, 0.25) is 0 Å². The van der Waals surface area contributed by atoms with Crippen LogP contribution >= 0.6 is 23.4 Å². The predicted molar refractivity (Wildman–Crippen MR) is 111 cm³/mol. The summed E-state index contributed by atoms with van der Waals surface area (Å²) in [6, 6.07) is 10.2. The maximum absolute atomic E-state index is 12.1. The standard InChI is InChI=1S/C20H17ClN2O4S2/c1-3-29(26,27)18-5-4-14(9-15(18)21)28-20-12(2)16(10-19(24)25)23-7-6-13(11-22)8-17(20)23/h4-9H,3,10H2,1-2H3,(H,24,25). The molecule has 0 radical (unpaired) electrons. The number of fused-ring (bicyclic) bond motifs is 1. The zero-order valence-electron chi connectivity index (χ0n) is 15.6. The lowest BCUT2D eigenvalue weighted by Crippen LogP contribution is -2.04. The van der Waals surface area contributed by atoms with Gasteiger partial charge in [-0.2, -0.15) is 5.26 Å². The smallest absolute Gasteiger partial charge is 0.309 e. The number of pyridine rings is 1. The van der Waals surface area contributed by atoms with E-state index in [4.69, 9.17) is 11.6 Å². The zero-order chi connectivity index (χ0) is 21.3. The lowest BCUT2D eigenvalue weighted by atomic mass is 10.2. The summed E-state index contributed by atoms with van der Waals surface area (Å²) in [6.07, 6.45) is 1.53. The Bertz CT molecular complexity index is 1270. The summed E-state index contributed by atoms with van der Waals surface area (Å²) < 4.78 is 26.0. The lowest BCUT2D eigenvalue weighted by Gasteiger charge is -2.07. The molecular weight excluding hydrogens is 432 g/mol. The molecule has 2 aromatic heterocycles. The van der Waals surface area contributed by atoms with Crippen molar-refractivity contribution in [1.82, 2.24) is 4.40 Å². The third-order valence-corrected chi connectivity index (χ3v) is 7.96. The third kappa shape index (κ3) is 4.13. The van der Waals surface area contributed by atoms with Crippen molar-refractivity contribution in [1.29, 1.82) is 5.26 Å². The highest BCUT2D eigenvalue weighted by Crippen LogP contribution is 2.39. The molecule has 6 nitrogen and oxygen atoms in total.